The Morgan fingerprint density at radius 3 is 2.69 bits per heavy atom. The van der Waals surface area contributed by atoms with E-state index in [-0.39, 0.29) is 5.91 Å². The van der Waals surface area contributed by atoms with E-state index >= 15 is 0 Å². The zero-order valence-electron chi connectivity index (χ0n) is 15.5. The topological polar surface area (TPSA) is 83.1 Å². The number of fused-ring (bicyclic) bond motifs is 1. The number of rotatable bonds is 5. The quantitative estimate of drug-likeness (QED) is 0.424. The average molecular weight is 379 g/mol. The van der Waals surface area contributed by atoms with Crippen LogP contribution in [0.1, 0.15) is 27.0 Å². The van der Waals surface area contributed by atoms with Gasteiger partial charge in [0.1, 0.15) is 0 Å². The van der Waals surface area contributed by atoms with Gasteiger partial charge in [-0.3, -0.25) is 9.78 Å². The third-order valence-corrected chi connectivity index (χ3v) is 4.61. The van der Waals surface area contributed by atoms with Gasteiger partial charge in [0.25, 0.3) is 5.91 Å². The van der Waals surface area contributed by atoms with E-state index in [4.69, 9.17) is 0 Å². The van der Waals surface area contributed by atoms with Gasteiger partial charge in [-0.05, 0) is 29.8 Å². The first-order chi connectivity index (χ1) is 14.3. The highest BCUT2D eigenvalue weighted by molar-refractivity contribution is 6.00. The normalized spacial score (nSPS) is 10.9. The molecular weight excluding hydrogens is 362 g/mol. The van der Waals surface area contributed by atoms with E-state index in [1.54, 1.807) is 30.7 Å². The molecule has 0 aliphatic carbocycles. The first-order valence-corrected chi connectivity index (χ1v) is 9.05. The standard InChI is InChI=1S/C23H17N5O/c24-13-18-5-1-2-6-19(18)15-28-16-20(21-7-3-4-8-22(21)28)14-26-27-23(29)17-9-11-25-12-10-17/h1-12,14,16H,15H2,(H,27,29)/b26-14-. The van der Waals surface area contributed by atoms with E-state index in [2.05, 4.69) is 26.1 Å². The number of pyridine rings is 1. The van der Waals surface area contributed by atoms with E-state index in [9.17, 15) is 10.1 Å². The Balaban J connectivity index is 1.61. The monoisotopic (exact) mass is 379 g/mol. The number of amides is 1. The average Bonchev–Trinajstić information content (AvgIpc) is 3.12. The van der Waals surface area contributed by atoms with Crippen LogP contribution in [0.4, 0.5) is 0 Å². The first-order valence-electron chi connectivity index (χ1n) is 9.05. The Hall–Kier alpha value is -4.24. The lowest BCUT2D eigenvalue weighted by molar-refractivity contribution is 0.0955. The van der Waals surface area contributed by atoms with Crippen molar-refractivity contribution in [3.05, 3.63) is 102 Å². The van der Waals surface area contributed by atoms with Crippen LogP contribution in [0.5, 0.6) is 0 Å². The molecule has 2 aromatic carbocycles. The maximum absolute atomic E-state index is 12.1. The summed E-state index contributed by atoms with van der Waals surface area (Å²) in [6, 6.07) is 21.0. The van der Waals surface area contributed by atoms with Gasteiger partial charge in [0.05, 0.1) is 17.8 Å². The third-order valence-electron chi connectivity index (χ3n) is 4.61. The van der Waals surface area contributed by atoms with Crippen molar-refractivity contribution >= 4 is 23.0 Å². The lowest BCUT2D eigenvalue weighted by atomic mass is 10.1. The predicted octanol–water partition coefficient (Wildman–Crippen LogP) is 3.72. The second-order valence-corrected chi connectivity index (χ2v) is 6.43. The van der Waals surface area contributed by atoms with Crippen molar-refractivity contribution in [3.8, 4) is 6.07 Å². The van der Waals surface area contributed by atoms with Gasteiger partial charge in [0.15, 0.2) is 0 Å². The molecule has 0 aliphatic heterocycles. The van der Waals surface area contributed by atoms with Crippen molar-refractivity contribution in [3.63, 3.8) is 0 Å². The number of hydrazone groups is 1. The van der Waals surface area contributed by atoms with Crippen molar-refractivity contribution in [1.82, 2.24) is 15.0 Å². The molecule has 0 aliphatic rings. The van der Waals surface area contributed by atoms with Crippen LogP contribution in [-0.4, -0.2) is 21.7 Å². The van der Waals surface area contributed by atoms with Crippen LogP contribution in [0.3, 0.4) is 0 Å². The van der Waals surface area contributed by atoms with Gasteiger partial charge < -0.3 is 4.57 Å². The Morgan fingerprint density at radius 1 is 1.10 bits per heavy atom. The number of carbonyl (C=O) groups excluding carboxylic acids is 1. The molecule has 2 heterocycles. The summed E-state index contributed by atoms with van der Waals surface area (Å²) < 4.78 is 2.08. The lowest BCUT2D eigenvalue weighted by Crippen LogP contribution is -2.17. The maximum atomic E-state index is 12.1. The highest BCUT2D eigenvalue weighted by Gasteiger charge is 2.09. The minimum Gasteiger partial charge on any atom is -0.342 e. The minimum absolute atomic E-state index is 0.296. The van der Waals surface area contributed by atoms with E-state index in [1.165, 1.54) is 0 Å². The Morgan fingerprint density at radius 2 is 1.86 bits per heavy atom. The second kappa shape index (κ2) is 8.19. The summed E-state index contributed by atoms with van der Waals surface area (Å²) in [5.74, 6) is -0.296. The fourth-order valence-corrected chi connectivity index (χ4v) is 3.19. The fraction of sp³-hybridized carbons (Fsp3) is 0.0435. The SMILES string of the molecule is N#Cc1ccccc1Cn1cc(/C=N\NC(=O)c2ccncc2)c2ccccc21. The summed E-state index contributed by atoms with van der Waals surface area (Å²) in [7, 11) is 0. The minimum atomic E-state index is -0.296. The molecule has 0 bridgehead atoms. The Labute approximate surface area is 167 Å². The summed E-state index contributed by atoms with van der Waals surface area (Å²) >= 11 is 0. The van der Waals surface area contributed by atoms with Gasteiger partial charge in [0, 0.05) is 47.2 Å². The van der Waals surface area contributed by atoms with E-state index in [0.29, 0.717) is 17.7 Å². The molecule has 4 aromatic rings. The summed E-state index contributed by atoms with van der Waals surface area (Å²) in [5, 5.41) is 14.5. The number of aromatic nitrogens is 2. The zero-order valence-corrected chi connectivity index (χ0v) is 15.5. The molecule has 140 valence electrons. The van der Waals surface area contributed by atoms with Gasteiger partial charge in [-0.15, -0.1) is 0 Å². The smallest absolute Gasteiger partial charge is 0.271 e. The molecule has 2 aromatic heterocycles. The molecule has 6 nitrogen and oxygen atoms in total. The molecule has 1 amide bonds. The summed E-state index contributed by atoms with van der Waals surface area (Å²) in [5.41, 5.74) is 6.55. The number of hydrogen-bond acceptors (Lipinski definition) is 4. The van der Waals surface area contributed by atoms with E-state index < -0.39 is 0 Å². The first kappa shape index (κ1) is 18.1. The molecule has 0 spiro atoms. The van der Waals surface area contributed by atoms with E-state index in [0.717, 1.165) is 22.0 Å². The van der Waals surface area contributed by atoms with Crippen LogP contribution >= 0.6 is 0 Å². The molecule has 0 radical (unpaired) electrons. The number of hydrogen-bond donors (Lipinski definition) is 1. The zero-order chi connectivity index (χ0) is 20.1. The van der Waals surface area contributed by atoms with Crippen LogP contribution in [0.15, 0.2) is 84.4 Å². The molecule has 1 N–H and O–H groups in total. The van der Waals surface area contributed by atoms with Crippen LogP contribution in [0.25, 0.3) is 10.9 Å². The fourth-order valence-electron chi connectivity index (χ4n) is 3.19. The van der Waals surface area contributed by atoms with Crippen molar-refractivity contribution in [1.29, 1.82) is 5.26 Å². The summed E-state index contributed by atoms with van der Waals surface area (Å²) in [6.07, 6.45) is 6.73. The molecule has 0 unspecified atom stereocenters. The van der Waals surface area contributed by atoms with Crippen molar-refractivity contribution in [2.24, 2.45) is 5.10 Å². The van der Waals surface area contributed by atoms with Gasteiger partial charge in [-0.25, -0.2) is 5.43 Å². The van der Waals surface area contributed by atoms with Crippen molar-refractivity contribution in [2.75, 3.05) is 0 Å². The molecule has 29 heavy (non-hydrogen) atoms. The highest BCUT2D eigenvalue weighted by atomic mass is 16.2. The molecule has 0 fully saturated rings. The number of para-hydroxylation sites is 1. The summed E-state index contributed by atoms with van der Waals surface area (Å²) in [6.45, 7) is 0.571. The molecule has 0 saturated carbocycles. The number of benzene rings is 2. The van der Waals surface area contributed by atoms with Gasteiger partial charge in [-0.1, -0.05) is 36.4 Å². The van der Waals surface area contributed by atoms with Crippen LogP contribution in [0.2, 0.25) is 0 Å². The number of nitrogens with one attached hydrogen (secondary N) is 1. The largest absolute Gasteiger partial charge is 0.342 e. The van der Waals surface area contributed by atoms with Gasteiger partial charge in [-0.2, -0.15) is 10.4 Å². The predicted molar refractivity (Wildman–Crippen MR) is 111 cm³/mol. The van der Waals surface area contributed by atoms with E-state index in [1.807, 2.05) is 54.7 Å². The Bertz CT molecular complexity index is 1240. The molecule has 0 atom stereocenters. The van der Waals surface area contributed by atoms with Crippen molar-refractivity contribution in [2.45, 2.75) is 6.54 Å². The van der Waals surface area contributed by atoms with Crippen molar-refractivity contribution < 1.29 is 4.79 Å². The number of nitrogens with zero attached hydrogens (tertiary/aromatic N) is 4. The molecule has 4 rings (SSSR count). The summed E-state index contributed by atoms with van der Waals surface area (Å²) in [4.78, 5) is 16.0. The van der Waals surface area contributed by atoms with Crippen LogP contribution in [0, 0.1) is 11.3 Å². The van der Waals surface area contributed by atoms with Gasteiger partial charge >= 0.3 is 0 Å². The van der Waals surface area contributed by atoms with Gasteiger partial charge in [0.2, 0.25) is 0 Å². The van der Waals surface area contributed by atoms with Crippen LogP contribution in [-0.2, 0) is 6.54 Å². The second-order valence-electron chi connectivity index (χ2n) is 6.43. The highest BCUT2D eigenvalue weighted by Crippen LogP contribution is 2.22. The molecular formula is C23H17N5O. The van der Waals surface area contributed by atoms with Crippen LogP contribution < -0.4 is 5.43 Å². The third kappa shape index (κ3) is 3.89. The Kier molecular flexibility index (Phi) is 5.12. The number of carbonyl (C=O) groups is 1. The molecule has 6 heteroatoms. The lowest BCUT2D eigenvalue weighted by Gasteiger charge is -2.07. The number of nitriles is 1. The molecule has 0 saturated heterocycles. The maximum Gasteiger partial charge on any atom is 0.271 e.